The molecular formula is C12H14Cl2N2O3. The highest BCUT2D eigenvalue weighted by molar-refractivity contribution is 6.43. The van der Waals surface area contributed by atoms with E-state index in [0.717, 1.165) is 0 Å². The van der Waals surface area contributed by atoms with Gasteiger partial charge in [0, 0.05) is 6.04 Å². The molecule has 1 aromatic rings. The quantitative estimate of drug-likeness (QED) is 0.799. The molecule has 0 bridgehead atoms. The van der Waals surface area contributed by atoms with Crippen LogP contribution in [0.2, 0.25) is 10.0 Å². The average molecular weight is 305 g/mol. The molecule has 0 heterocycles. The third kappa shape index (κ3) is 4.29. The van der Waals surface area contributed by atoms with Crippen molar-refractivity contribution in [2.45, 2.75) is 19.9 Å². The van der Waals surface area contributed by atoms with Crippen molar-refractivity contribution in [3.05, 3.63) is 28.2 Å². The number of hydrogen-bond donors (Lipinski definition) is 3. The molecule has 0 aromatic heterocycles. The van der Waals surface area contributed by atoms with E-state index in [1.807, 2.05) is 0 Å². The lowest BCUT2D eigenvalue weighted by molar-refractivity contribution is -0.141. The zero-order valence-electron chi connectivity index (χ0n) is 10.4. The number of nitrogens with one attached hydrogen (secondary N) is 2. The van der Waals surface area contributed by atoms with Gasteiger partial charge in [-0.05, 0) is 26.0 Å². The van der Waals surface area contributed by atoms with Crippen LogP contribution in [0.1, 0.15) is 13.8 Å². The first-order valence-corrected chi connectivity index (χ1v) is 6.33. The Bertz CT molecular complexity index is 494. The molecule has 19 heavy (non-hydrogen) atoms. The number of halogens is 2. The SMILES string of the molecule is CC(NC(=O)Nc1cccc(Cl)c1Cl)C(C)C(=O)O. The standard InChI is InChI=1S/C12H14Cl2N2O3/c1-6(11(17)18)7(2)15-12(19)16-9-5-3-4-8(13)10(9)14/h3-7H,1-2H3,(H,17,18)(H2,15,16,19). The molecular weight excluding hydrogens is 291 g/mol. The van der Waals surface area contributed by atoms with E-state index < -0.39 is 24.0 Å². The van der Waals surface area contributed by atoms with Crippen molar-refractivity contribution < 1.29 is 14.7 Å². The van der Waals surface area contributed by atoms with E-state index in [-0.39, 0.29) is 5.02 Å². The van der Waals surface area contributed by atoms with Gasteiger partial charge in [-0.2, -0.15) is 0 Å². The Labute approximate surface area is 120 Å². The van der Waals surface area contributed by atoms with Gasteiger partial charge >= 0.3 is 12.0 Å². The van der Waals surface area contributed by atoms with E-state index in [2.05, 4.69) is 10.6 Å². The minimum absolute atomic E-state index is 0.234. The summed E-state index contributed by atoms with van der Waals surface area (Å²) in [6.45, 7) is 3.12. The number of urea groups is 1. The van der Waals surface area contributed by atoms with Crippen LogP contribution in [0.5, 0.6) is 0 Å². The van der Waals surface area contributed by atoms with E-state index in [1.165, 1.54) is 6.92 Å². The Morgan fingerprint density at radius 3 is 2.47 bits per heavy atom. The fraction of sp³-hybridized carbons (Fsp3) is 0.333. The van der Waals surface area contributed by atoms with Gasteiger partial charge in [0.1, 0.15) is 0 Å². The Morgan fingerprint density at radius 1 is 1.26 bits per heavy atom. The maximum Gasteiger partial charge on any atom is 0.319 e. The first-order chi connectivity index (χ1) is 8.82. The summed E-state index contributed by atoms with van der Waals surface area (Å²) in [6.07, 6.45) is 0. The van der Waals surface area contributed by atoms with Gasteiger partial charge in [0.15, 0.2) is 0 Å². The predicted octanol–water partition coefficient (Wildman–Crippen LogP) is 3.22. The van der Waals surface area contributed by atoms with Gasteiger partial charge in [-0.1, -0.05) is 29.3 Å². The highest BCUT2D eigenvalue weighted by atomic mass is 35.5. The van der Waals surface area contributed by atoms with Crippen LogP contribution in [0.15, 0.2) is 18.2 Å². The molecule has 7 heteroatoms. The molecule has 104 valence electrons. The number of carboxylic acids is 1. The highest BCUT2D eigenvalue weighted by Gasteiger charge is 2.21. The number of aliphatic carboxylic acids is 1. The Morgan fingerprint density at radius 2 is 1.89 bits per heavy atom. The molecule has 0 radical (unpaired) electrons. The molecule has 0 aliphatic carbocycles. The van der Waals surface area contributed by atoms with Gasteiger partial charge in [-0.3, -0.25) is 4.79 Å². The molecule has 0 saturated heterocycles. The van der Waals surface area contributed by atoms with Crippen molar-refractivity contribution in [3.8, 4) is 0 Å². The third-order valence-electron chi connectivity index (χ3n) is 2.70. The normalized spacial score (nSPS) is 13.5. The van der Waals surface area contributed by atoms with Crippen LogP contribution in [0.3, 0.4) is 0 Å². The summed E-state index contributed by atoms with van der Waals surface area (Å²) < 4.78 is 0. The summed E-state index contributed by atoms with van der Waals surface area (Å²) in [7, 11) is 0. The molecule has 1 rings (SSSR count). The number of rotatable bonds is 4. The first kappa shape index (κ1) is 15.6. The maximum absolute atomic E-state index is 11.7. The van der Waals surface area contributed by atoms with E-state index >= 15 is 0 Å². The fourth-order valence-electron chi connectivity index (χ4n) is 1.30. The second-order valence-corrected chi connectivity index (χ2v) is 4.90. The minimum atomic E-state index is -0.978. The van der Waals surface area contributed by atoms with E-state index in [4.69, 9.17) is 28.3 Å². The number of anilines is 1. The van der Waals surface area contributed by atoms with Gasteiger partial charge in [0.05, 0.1) is 21.7 Å². The molecule has 3 N–H and O–H groups in total. The molecule has 1 aromatic carbocycles. The average Bonchev–Trinajstić information content (AvgIpc) is 2.33. The first-order valence-electron chi connectivity index (χ1n) is 5.57. The van der Waals surface area contributed by atoms with Crippen LogP contribution >= 0.6 is 23.2 Å². The zero-order chi connectivity index (χ0) is 14.6. The van der Waals surface area contributed by atoms with Crippen molar-refractivity contribution in [2.75, 3.05) is 5.32 Å². The van der Waals surface area contributed by atoms with Crippen LogP contribution in [-0.4, -0.2) is 23.1 Å². The molecule has 0 aliphatic rings. The fourth-order valence-corrected chi connectivity index (χ4v) is 1.65. The monoisotopic (exact) mass is 304 g/mol. The summed E-state index contributed by atoms with van der Waals surface area (Å²) in [5.41, 5.74) is 0.363. The van der Waals surface area contributed by atoms with E-state index in [0.29, 0.717) is 10.7 Å². The summed E-state index contributed by atoms with van der Waals surface area (Å²) in [5.74, 6) is -1.67. The van der Waals surface area contributed by atoms with Gasteiger partial charge in [0.25, 0.3) is 0 Å². The molecule has 5 nitrogen and oxygen atoms in total. The highest BCUT2D eigenvalue weighted by Crippen LogP contribution is 2.29. The van der Waals surface area contributed by atoms with Gasteiger partial charge < -0.3 is 15.7 Å². The van der Waals surface area contributed by atoms with Crippen LogP contribution in [0.25, 0.3) is 0 Å². The number of carboxylic acid groups (broad SMARTS) is 1. The number of amides is 2. The summed E-state index contributed by atoms with van der Waals surface area (Å²) in [5, 5.41) is 14.4. The van der Waals surface area contributed by atoms with Crippen LogP contribution in [0, 0.1) is 5.92 Å². The van der Waals surface area contributed by atoms with Crippen molar-refractivity contribution in [1.82, 2.24) is 5.32 Å². The molecule has 2 unspecified atom stereocenters. The number of hydrogen-bond acceptors (Lipinski definition) is 2. The molecule has 2 amide bonds. The maximum atomic E-state index is 11.7. The van der Waals surface area contributed by atoms with Gasteiger partial charge in [-0.15, -0.1) is 0 Å². The van der Waals surface area contributed by atoms with Crippen LogP contribution < -0.4 is 10.6 Å². The lowest BCUT2D eigenvalue weighted by Gasteiger charge is -2.18. The van der Waals surface area contributed by atoms with Gasteiger partial charge in [-0.25, -0.2) is 4.79 Å². The lowest BCUT2D eigenvalue weighted by atomic mass is 10.0. The lowest BCUT2D eigenvalue weighted by Crippen LogP contribution is -2.42. The molecule has 0 saturated carbocycles. The Kier molecular flexibility index (Phi) is 5.44. The Hall–Kier alpha value is -1.46. The van der Waals surface area contributed by atoms with Crippen LogP contribution in [0.4, 0.5) is 10.5 Å². The van der Waals surface area contributed by atoms with Crippen molar-refractivity contribution in [1.29, 1.82) is 0 Å². The summed E-state index contributed by atoms with van der Waals surface area (Å²) >= 11 is 11.7. The van der Waals surface area contributed by atoms with Crippen molar-refractivity contribution in [3.63, 3.8) is 0 Å². The minimum Gasteiger partial charge on any atom is -0.481 e. The third-order valence-corrected chi connectivity index (χ3v) is 3.52. The molecule has 0 fully saturated rings. The van der Waals surface area contributed by atoms with Crippen LogP contribution in [-0.2, 0) is 4.79 Å². The number of carbonyl (C=O) groups is 2. The summed E-state index contributed by atoms with van der Waals surface area (Å²) in [4.78, 5) is 22.5. The smallest absolute Gasteiger partial charge is 0.319 e. The molecule has 2 atom stereocenters. The van der Waals surface area contributed by atoms with Crippen molar-refractivity contribution in [2.24, 2.45) is 5.92 Å². The second-order valence-electron chi connectivity index (χ2n) is 4.12. The molecule has 0 spiro atoms. The molecule has 0 aliphatic heterocycles. The van der Waals surface area contributed by atoms with E-state index in [1.54, 1.807) is 25.1 Å². The topological polar surface area (TPSA) is 78.4 Å². The number of carbonyl (C=O) groups excluding carboxylic acids is 1. The van der Waals surface area contributed by atoms with Crippen molar-refractivity contribution >= 4 is 40.9 Å². The Balaban J connectivity index is 2.66. The summed E-state index contributed by atoms with van der Waals surface area (Å²) in [6, 6.07) is 3.79. The second kappa shape index (κ2) is 6.63. The number of benzene rings is 1. The largest absolute Gasteiger partial charge is 0.481 e. The van der Waals surface area contributed by atoms with Gasteiger partial charge in [0.2, 0.25) is 0 Å². The van der Waals surface area contributed by atoms with E-state index in [9.17, 15) is 9.59 Å². The predicted molar refractivity (Wildman–Crippen MR) is 74.9 cm³/mol. The zero-order valence-corrected chi connectivity index (χ0v) is 11.9.